The van der Waals surface area contributed by atoms with Crippen LogP contribution in [0.1, 0.15) is 15.9 Å². The van der Waals surface area contributed by atoms with Crippen molar-refractivity contribution in [1.29, 1.82) is 0 Å². The summed E-state index contributed by atoms with van der Waals surface area (Å²) in [7, 11) is -0.178. The van der Waals surface area contributed by atoms with E-state index in [1.807, 2.05) is 30.3 Å². The van der Waals surface area contributed by atoms with Crippen LogP contribution in [0.4, 0.5) is 5.82 Å². The largest absolute Gasteiger partial charge is 0.465 e. The molecule has 6 nitrogen and oxygen atoms in total. The second-order valence-electron chi connectivity index (χ2n) is 4.31. The predicted molar refractivity (Wildman–Crippen MR) is 84.5 cm³/mol. The summed E-state index contributed by atoms with van der Waals surface area (Å²) < 4.78 is 16.2. The normalized spacial score (nSPS) is 11.8. The van der Waals surface area contributed by atoms with Crippen LogP contribution >= 0.6 is 11.6 Å². The SMILES string of the molecule is COC(=O)c1c(Cl)nc(S(C)=O)nc1NCc1ccccc1. The second kappa shape index (κ2) is 7.33. The van der Waals surface area contributed by atoms with Crippen LogP contribution in [-0.2, 0) is 22.1 Å². The first kappa shape index (κ1) is 16.4. The number of carbonyl (C=O) groups is 1. The number of hydrogen-bond acceptors (Lipinski definition) is 6. The first-order valence-corrected chi connectivity index (χ1v) is 8.23. The van der Waals surface area contributed by atoms with Crippen LogP contribution in [0.3, 0.4) is 0 Å². The average molecular weight is 340 g/mol. The third-order valence-corrected chi connectivity index (χ3v) is 3.76. The Labute approximate surface area is 135 Å². The van der Waals surface area contributed by atoms with Crippen LogP contribution in [0, 0.1) is 0 Å². The molecule has 0 spiro atoms. The quantitative estimate of drug-likeness (QED) is 0.511. The maximum Gasteiger partial charge on any atom is 0.344 e. The van der Waals surface area contributed by atoms with Gasteiger partial charge in [0.2, 0.25) is 5.16 Å². The summed E-state index contributed by atoms with van der Waals surface area (Å²) in [6.45, 7) is 0.425. The Kier molecular flexibility index (Phi) is 5.46. The van der Waals surface area contributed by atoms with Gasteiger partial charge in [-0.15, -0.1) is 0 Å². The molecule has 1 aromatic heterocycles. The summed E-state index contributed by atoms with van der Waals surface area (Å²) in [5, 5.41) is 2.96. The Morgan fingerprint density at radius 2 is 2.00 bits per heavy atom. The zero-order chi connectivity index (χ0) is 16.1. The molecule has 1 N–H and O–H groups in total. The summed E-state index contributed by atoms with van der Waals surface area (Å²) in [5.74, 6) is -0.463. The fraction of sp³-hybridized carbons (Fsp3) is 0.214. The highest BCUT2D eigenvalue weighted by atomic mass is 35.5. The van der Waals surface area contributed by atoms with Gasteiger partial charge in [-0.3, -0.25) is 4.21 Å². The van der Waals surface area contributed by atoms with Gasteiger partial charge in [-0.1, -0.05) is 41.9 Å². The number of halogens is 1. The van der Waals surface area contributed by atoms with Crippen molar-refractivity contribution in [3.63, 3.8) is 0 Å². The molecule has 0 aliphatic rings. The molecule has 0 saturated heterocycles. The van der Waals surface area contributed by atoms with Crippen LogP contribution < -0.4 is 5.32 Å². The van der Waals surface area contributed by atoms with E-state index in [1.54, 1.807) is 0 Å². The lowest BCUT2D eigenvalue weighted by molar-refractivity contribution is 0.0601. The zero-order valence-corrected chi connectivity index (χ0v) is 13.6. The smallest absolute Gasteiger partial charge is 0.344 e. The van der Waals surface area contributed by atoms with Crippen molar-refractivity contribution in [3.8, 4) is 0 Å². The molecular formula is C14H14ClN3O3S. The van der Waals surface area contributed by atoms with Crippen LogP contribution in [0.5, 0.6) is 0 Å². The molecule has 1 atom stereocenters. The molecule has 1 heterocycles. The predicted octanol–water partition coefficient (Wildman–Crippen LogP) is 2.27. The number of esters is 1. The van der Waals surface area contributed by atoms with Gasteiger partial charge in [0.15, 0.2) is 5.15 Å². The average Bonchev–Trinajstić information content (AvgIpc) is 2.52. The number of carbonyl (C=O) groups excluding carboxylic acids is 1. The Bertz CT molecular complexity index is 710. The molecule has 0 aliphatic carbocycles. The molecule has 0 fully saturated rings. The maximum atomic E-state index is 11.8. The monoisotopic (exact) mass is 339 g/mol. The molecule has 0 saturated carbocycles. The van der Waals surface area contributed by atoms with Crippen molar-refractivity contribution in [2.45, 2.75) is 11.7 Å². The lowest BCUT2D eigenvalue weighted by Crippen LogP contribution is -2.14. The number of benzene rings is 1. The van der Waals surface area contributed by atoms with E-state index in [0.717, 1.165) is 5.56 Å². The molecular weight excluding hydrogens is 326 g/mol. The van der Waals surface area contributed by atoms with Gasteiger partial charge in [-0.2, -0.15) is 0 Å². The fourth-order valence-corrected chi connectivity index (χ4v) is 2.47. The lowest BCUT2D eigenvalue weighted by atomic mass is 10.2. The molecule has 8 heteroatoms. The van der Waals surface area contributed by atoms with Crippen molar-refractivity contribution < 1.29 is 13.7 Å². The fourth-order valence-electron chi connectivity index (χ4n) is 1.74. The topological polar surface area (TPSA) is 81.2 Å². The van der Waals surface area contributed by atoms with Gasteiger partial charge in [0.25, 0.3) is 0 Å². The molecule has 0 bridgehead atoms. The Morgan fingerprint density at radius 1 is 1.32 bits per heavy atom. The van der Waals surface area contributed by atoms with Crippen molar-refractivity contribution in [3.05, 3.63) is 46.6 Å². The number of aromatic nitrogens is 2. The first-order valence-electron chi connectivity index (χ1n) is 6.30. The maximum absolute atomic E-state index is 11.8. The van der Waals surface area contributed by atoms with Gasteiger partial charge in [0.05, 0.1) is 17.9 Å². The van der Waals surface area contributed by atoms with Crippen molar-refractivity contribution in [2.75, 3.05) is 18.7 Å². The Balaban J connectivity index is 2.37. The van der Waals surface area contributed by atoms with Crippen LogP contribution in [0.25, 0.3) is 0 Å². The van der Waals surface area contributed by atoms with Crippen molar-refractivity contribution in [2.24, 2.45) is 0 Å². The Hall–Kier alpha value is -1.99. The van der Waals surface area contributed by atoms with Crippen LogP contribution in [0.15, 0.2) is 35.5 Å². The molecule has 0 amide bonds. The number of hydrogen-bond donors (Lipinski definition) is 1. The summed E-state index contributed by atoms with van der Waals surface area (Å²) in [6.07, 6.45) is 1.43. The number of rotatable bonds is 5. The molecule has 0 radical (unpaired) electrons. The molecule has 2 aromatic rings. The number of nitrogens with zero attached hydrogens (tertiary/aromatic N) is 2. The van der Waals surface area contributed by atoms with E-state index in [0.29, 0.717) is 6.54 Å². The van der Waals surface area contributed by atoms with E-state index in [1.165, 1.54) is 13.4 Å². The van der Waals surface area contributed by atoms with E-state index in [4.69, 9.17) is 16.3 Å². The van der Waals surface area contributed by atoms with Crippen LogP contribution in [0.2, 0.25) is 5.15 Å². The highest BCUT2D eigenvalue weighted by molar-refractivity contribution is 7.84. The number of methoxy groups -OCH3 is 1. The second-order valence-corrected chi connectivity index (χ2v) is 5.94. The van der Waals surface area contributed by atoms with E-state index in [2.05, 4.69) is 15.3 Å². The summed E-state index contributed by atoms with van der Waals surface area (Å²) in [6, 6.07) is 9.55. The van der Waals surface area contributed by atoms with E-state index in [-0.39, 0.29) is 21.7 Å². The van der Waals surface area contributed by atoms with Gasteiger partial charge in [-0.25, -0.2) is 14.8 Å². The number of anilines is 1. The van der Waals surface area contributed by atoms with E-state index in [9.17, 15) is 9.00 Å². The van der Waals surface area contributed by atoms with Gasteiger partial charge in [-0.05, 0) is 5.56 Å². The molecule has 1 unspecified atom stereocenters. The zero-order valence-electron chi connectivity index (χ0n) is 12.0. The highest BCUT2D eigenvalue weighted by Crippen LogP contribution is 2.23. The lowest BCUT2D eigenvalue weighted by Gasteiger charge is -2.12. The third-order valence-electron chi connectivity index (χ3n) is 2.79. The van der Waals surface area contributed by atoms with Gasteiger partial charge in [0, 0.05) is 12.8 Å². The molecule has 2 rings (SSSR count). The van der Waals surface area contributed by atoms with E-state index < -0.39 is 16.8 Å². The van der Waals surface area contributed by atoms with Crippen molar-refractivity contribution in [1.82, 2.24) is 9.97 Å². The molecule has 22 heavy (non-hydrogen) atoms. The minimum absolute atomic E-state index is 0.0225. The minimum atomic E-state index is -1.42. The van der Waals surface area contributed by atoms with Crippen molar-refractivity contribution >= 4 is 34.2 Å². The number of nitrogens with one attached hydrogen (secondary N) is 1. The third kappa shape index (κ3) is 3.80. The molecule has 0 aliphatic heterocycles. The van der Waals surface area contributed by atoms with Gasteiger partial charge >= 0.3 is 5.97 Å². The van der Waals surface area contributed by atoms with Crippen LogP contribution in [-0.4, -0.2) is 33.5 Å². The first-order chi connectivity index (χ1) is 10.5. The summed E-state index contributed by atoms with van der Waals surface area (Å²) in [4.78, 5) is 19.8. The van der Waals surface area contributed by atoms with E-state index >= 15 is 0 Å². The highest BCUT2D eigenvalue weighted by Gasteiger charge is 2.21. The summed E-state index contributed by atoms with van der Waals surface area (Å²) in [5.41, 5.74) is 1.02. The minimum Gasteiger partial charge on any atom is -0.465 e. The molecule has 1 aromatic carbocycles. The Morgan fingerprint density at radius 3 is 2.59 bits per heavy atom. The molecule has 116 valence electrons. The number of ether oxygens (including phenoxy) is 1. The van der Waals surface area contributed by atoms with Gasteiger partial charge in [0.1, 0.15) is 11.4 Å². The standard InChI is InChI=1S/C14H14ClN3O3S/c1-21-13(19)10-11(15)17-14(22(2)20)18-12(10)16-8-9-6-4-3-5-7-9/h3-7H,8H2,1-2H3,(H,16,17,18). The van der Waals surface area contributed by atoms with Gasteiger partial charge < -0.3 is 10.1 Å². The summed E-state index contributed by atoms with van der Waals surface area (Å²) >= 11 is 6.01.